The van der Waals surface area contributed by atoms with Crippen molar-refractivity contribution in [1.82, 2.24) is 30.0 Å². The molecule has 0 unspecified atom stereocenters. The monoisotopic (exact) mass is 462 g/mol. The van der Waals surface area contributed by atoms with Crippen molar-refractivity contribution in [3.05, 3.63) is 71.1 Å². The minimum absolute atomic E-state index is 0.0311. The van der Waals surface area contributed by atoms with Gasteiger partial charge in [0.25, 0.3) is 11.8 Å². The van der Waals surface area contributed by atoms with Crippen LogP contribution in [0.15, 0.2) is 47.2 Å². The lowest BCUT2D eigenvalue weighted by Gasteiger charge is -2.24. The topological polar surface area (TPSA) is 99.2 Å². The second-order valence-corrected chi connectivity index (χ2v) is 8.21. The zero-order chi connectivity index (χ0) is 23.8. The summed E-state index contributed by atoms with van der Waals surface area (Å²) in [5, 5.41) is 12.6. The van der Waals surface area contributed by atoms with E-state index in [1.165, 1.54) is 18.0 Å². The van der Waals surface area contributed by atoms with E-state index >= 15 is 0 Å². The molecule has 174 valence electrons. The Morgan fingerprint density at radius 1 is 1.18 bits per heavy atom. The standard InChI is InChI=1S/C24H23FN6O3/c1-14-12-17(20(13-15(14)2)31-26-9-10-27-31)24(32)30-11-5-8-19(30)22-28-23(34-29-22)16-6-4-7-18(25)21(16)33-3/h4,6-7,9-10,12-13,19H,5,8,11H2,1-3H3/t19-/m0/s1. The van der Waals surface area contributed by atoms with Gasteiger partial charge in [0.15, 0.2) is 17.4 Å². The minimum atomic E-state index is -0.521. The number of ether oxygens (including phenoxy) is 1. The van der Waals surface area contributed by atoms with Gasteiger partial charge in [-0.3, -0.25) is 4.79 Å². The van der Waals surface area contributed by atoms with E-state index in [-0.39, 0.29) is 23.6 Å². The molecule has 0 aliphatic carbocycles. The summed E-state index contributed by atoms with van der Waals surface area (Å²) in [5.41, 5.74) is 3.51. The van der Waals surface area contributed by atoms with Crippen LogP contribution in [0.2, 0.25) is 0 Å². The number of carbonyl (C=O) groups is 1. The average Bonchev–Trinajstić information content (AvgIpc) is 3.61. The van der Waals surface area contributed by atoms with Crippen molar-refractivity contribution in [3.8, 4) is 22.9 Å². The molecule has 2 aromatic heterocycles. The summed E-state index contributed by atoms with van der Waals surface area (Å²) in [5.74, 6) is -0.143. The summed E-state index contributed by atoms with van der Waals surface area (Å²) in [4.78, 5) is 21.4. The number of nitrogens with zero attached hydrogens (tertiary/aromatic N) is 6. The number of hydrogen-bond donors (Lipinski definition) is 0. The third-order valence-corrected chi connectivity index (χ3v) is 6.13. The van der Waals surface area contributed by atoms with Crippen LogP contribution in [0.5, 0.6) is 5.75 Å². The molecule has 5 rings (SSSR count). The van der Waals surface area contributed by atoms with Gasteiger partial charge in [0.2, 0.25) is 0 Å². The number of amides is 1. The number of benzene rings is 2. The molecule has 10 heteroatoms. The molecule has 1 saturated heterocycles. The first kappa shape index (κ1) is 21.7. The van der Waals surface area contributed by atoms with E-state index < -0.39 is 5.82 Å². The smallest absolute Gasteiger partial charge is 0.261 e. The second kappa shape index (κ2) is 8.69. The maximum atomic E-state index is 14.1. The highest BCUT2D eigenvalue weighted by molar-refractivity contribution is 5.98. The van der Waals surface area contributed by atoms with Gasteiger partial charge in [0.05, 0.1) is 42.4 Å². The molecule has 1 fully saturated rings. The molecule has 0 spiro atoms. The molecule has 0 N–H and O–H groups in total. The van der Waals surface area contributed by atoms with Crippen molar-refractivity contribution in [2.75, 3.05) is 13.7 Å². The molecule has 0 radical (unpaired) electrons. The molecule has 1 aliphatic heterocycles. The molecule has 9 nitrogen and oxygen atoms in total. The van der Waals surface area contributed by atoms with E-state index in [1.807, 2.05) is 26.0 Å². The van der Waals surface area contributed by atoms with Crippen molar-refractivity contribution in [2.45, 2.75) is 32.7 Å². The Morgan fingerprint density at radius 2 is 1.94 bits per heavy atom. The molecule has 0 saturated carbocycles. The molecule has 2 aromatic carbocycles. The SMILES string of the molecule is COc1c(F)cccc1-c1nc([C@@H]2CCCN2C(=O)c2cc(C)c(C)cc2-n2nccn2)no1. The van der Waals surface area contributed by atoms with E-state index in [1.54, 1.807) is 29.4 Å². The van der Waals surface area contributed by atoms with Crippen LogP contribution in [0.4, 0.5) is 4.39 Å². The lowest BCUT2D eigenvalue weighted by molar-refractivity contribution is 0.0728. The van der Waals surface area contributed by atoms with Crippen LogP contribution in [-0.4, -0.2) is 49.6 Å². The van der Waals surface area contributed by atoms with Crippen molar-refractivity contribution in [1.29, 1.82) is 0 Å². The normalized spacial score (nSPS) is 15.6. The van der Waals surface area contributed by atoms with Gasteiger partial charge in [0, 0.05) is 6.54 Å². The van der Waals surface area contributed by atoms with Crippen LogP contribution < -0.4 is 4.74 Å². The molecule has 1 amide bonds. The third kappa shape index (κ3) is 3.70. The molecular weight excluding hydrogens is 439 g/mol. The lowest BCUT2D eigenvalue weighted by Crippen LogP contribution is -2.32. The van der Waals surface area contributed by atoms with Crippen LogP contribution >= 0.6 is 0 Å². The molecule has 1 aliphatic rings. The van der Waals surface area contributed by atoms with Crippen molar-refractivity contribution in [3.63, 3.8) is 0 Å². The summed E-state index contributed by atoms with van der Waals surface area (Å²) < 4.78 is 24.7. The highest BCUT2D eigenvalue weighted by atomic mass is 19.1. The Kier molecular flexibility index (Phi) is 5.56. The number of rotatable bonds is 5. The first-order valence-electron chi connectivity index (χ1n) is 10.9. The molecule has 3 heterocycles. The minimum Gasteiger partial charge on any atom is -0.493 e. The summed E-state index contributed by atoms with van der Waals surface area (Å²) >= 11 is 0. The lowest BCUT2D eigenvalue weighted by atomic mass is 10.0. The summed E-state index contributed by atoms with van der Waals surface area (Å²) in [6.07, 6.45) is 4.63. The van der Waals surface area contributed by atoms with Crippen LogP contribution in [-0.2, 0) is 0 Å². The molecule has 1 atom stereocenters. The zero-order valence-corrected chi connectivity index (χ0v) is 19.0. The van der Waals surface area contributed by atoms with Gasteiger partial charge in [-0.05, 0) is 62.1 Å². The van der Waals surface area contributed by atoms with Gasteiger partial charge in [-0.25, -0.2) is 4.39 Å². The first-order chi connectivity index (χ1) is 16.5. The van der Waals surface area contributed by atoms with Crippen molar-refractivity contribution in [2.24, 2.45) is 0 Å². The number of para-hydroxylation sites is 1. The van der Waals surface area contributed by atoms with E-state index in [9.17, 15) is 9.18 Å². The highest BCUT2D eigenvalue weighted by Gasteiger charge is 2.35. The van der Waals surface area contributed by atoms with Gasteiger partial charge in [-0.15, -0.1) is 0 Å². The Hall–Kier alpha value is -4.08. The van der Waals surface area contributed by atoms with Gasteiger partial charge in [-0.2, -0.15) is 20.0 Å². The molecule has 4 aromatic rings. The zero-order valence-electron chi connectivity index (χ0n) is 19.0. The Morgan fingerprint density at radius 3 is 2.71 bits per heavy atom. The summed E-state index contributed by atoms with van der Waals surface area (Å²) in [6, 6.07) is 7.90. The third-order valence-electron chi connectivity index (χ3n) is 6.13. The number of carbonyl (C=O) groups excluding carboxylic acids is 1. The predicted octanol–water partition coefficient (Wildman–Crippen LogP) is 4.06. The number of methoxy groups -OCH3 is 1. The van der Waals surface area contributed by atoms with E-state index in [0.29, 0.717) is 35.6 Å². The maximum absolute atomic E-state index is 14.1. The highest BCUT2D eigenvalue weighted by Crippen LogP contribution is 2.36. The first-order valence-corrected chi connectivity index (χ1v) is 10.9. The molecule has 34 heavy (non-hydrogen) atoms. The van der Waals surface area contributed by atoms with Crippen LogP contribution in [0, 0.1) is 19.7 Å². The Bertz CT molecular complexity index is 1350. The van der Waals surface area contributed by atoms with Crippen molar-refractivity contribution < 1.29 is 18.4 Å². The number of aromatic nitrogens is 5. The van der Waals surface area contributed by atoms with Crippen LogP contribution in [0.3, 0.4) is 0 Å². The van der Waals surface area contributed by atoms with Crippen molar-refractivity contribution >= 4 is 5.91 Å². The Labute approximate surface area is 195 Å². The largest absolute Gasteiger partial charge is 0.493 e. The number of aryl methyl sites for hydroxylation is 2. The quantitative estimate of drug-likeness (QED) is 0.441. The number of halogens is 1. The average molecular weight is 462 g/mol. The summed E-state index contributed by atoms with van der Waals surface area (Å²) in [6.45, 7) is 4.50. The van der Waals surface area contributed by atoms with E-state index in [4.69, 9.17) is 9.26 Å². The van der Waals surface area contributed by atoms with Crippen LogP contribution in [0.1, 0.15) is 46.2 Å². The predicted molar refractivity (Wildman–Crippen MR) is 120 cm³/mol. The maximum Gasteiger partial charge on any atom is 0.261 e. The van der Waals surface area contributed by atoms with Gasteiger partial charge in [-0.1, -0.05) is 11.2 Å². The molecular formula is C24H23FN6O3. The van der Waals surface area contributed by atoms with Gasteiger partial charge >= 0.3 is 0 Å². The fraction of sp³-hybridized carbons (Fsp3) is 0.292. The Balaban J connectivity index is 1.49. The fourth-order valence-corrected chi connectivity index (χ4v) is 4.28. The van der Waals surface area contributed by atoms with E-state index in [2.05, 4.69) is 20.3 Å². The van der Waals surface area contributed by atoms with Gasteiger partial charge in [0.1, 0.15) is 0 Å². The number of hydrogen-bond acceptors (Lipinski definition) is 7. The van der Waals surface area contributed by atoms with Gasteiger partial charge < -0.3 is 14.2 Å². The number of likely N-dealkylation sites (tertiary alicyclic amines) is 1. The van der Waals surface area contributed by atoms with Crippen LogP contribution in [0.25, 0.3) is 17.1 Å². The molecule has 0 bridgehead atoms. The van der Waals surface area contributed by atoms with E-state index in [0.717, 1.165) is 17.5 Å². The summed E-state index contributed by atoms with van der Waals surface area (Å²) in [7, 11) is 1.38. The second-order valence-electron chi connectivity index (χ2n) is 8.21. The fourth-order valence-electron chi connectivity index (χ4n) is 4.28.